The molecule has 0 aromatic rings. The molecule has 394 valence electrons. The minimum Gasteiger partial charge on any atom is -0.462 e. The van der Waals surface area contributed by atoms with Crippen LogP contribution in [-0.2, 0) is 28.6 Å². The van der Waals surface area contributed by atoms with E-state index in [1.807, 2.05) is 12.2 Å². The van der Waals surface area contributed by atoms with E-state index in [9.17, 15) is 14.4 Å². The van der Waals surface area contributed by atoms with Crippen LogP contribution in [0.1, 0.15) is 233 Å². The Hall–Kier alpha value is -4.45. The zero-order chi connectivity index (χ0) is 50.7. The smallest absolute Gasteiger partial charge is 0.306 e. The van der Waals surface area contributed by atoms with Crippen molar-refractivity contribution in [3.63, 3.8) is 0 Å². The lowest BCUT2D eigenvalue weighted by Gasteiger charge is -2.18. The molecule has 0 amide bonds. The van der Waals surface area contributed by atoms with Crippen molar-refractivity contribution >= 4 is 17.9 Å². The molecule has 0 rings (SSSR count). The summed E-state index contributed by atoms with van der Waals surface area (Å²) in [5.74, 6) is -1.02. The van der Waals surface area contributed by atoms with Gasteiger partial charge in [0.05, 0.1) is 0 Å². The number of esters is 3. The number of carbonyl (C=O) groups is 3. The maximum atomic E-state index is 12.8. The summed E-state index contributed by atoms with van der Waals surface area (Å²) in [5, 5.41) is 0. The van der Waals surface area contributed by atoms with Crippen molar-refractivity contribution in [3.8, 4) is 0 Å². The van der Waals surface area contributed by atoms with Gasteiger partial charge in [-0.3, -0.25) is 14.4 Å². The molecule has 6 nitrogen and oxygen atoms in total. The van der Waals surface area contributed by atoms with E-state index in [-0.39, 0.29) is 31.6 Å². The van der Waals surface area contributed by atoms with E-state index in [4.69, 9.17) is 14.2 Å². The van der Waals surface area contributed by atoms with Crippen LogP contribution in [0.25, 0.3) is 0 Å². The topological polar surface area (TPSA) is 78.9 Å². The van der Waals surface area contributed by atoms with Gasteiger partial charge < -0.3 is 14.2 Å². The minimum absolute atomic E-state index is 0.114. The monoisotopic (exact) mass is 967 g/mol. The number of ether oxygens (including phenoxy) is 3. The molecule has 0 aromatic heterocycles. The lowest BCUT2D eigenvalue weighted by Crippen LogP contribution is -2.30. The van der Waals surface area contributed by atoms with E-state index in [0.29, 0.717) is 19.3 Å². The molecular weight excluding hydrogens is 865 g/mol. The lowest BCUT2D eigenvalue weighted by molar-refractivity contribution is -0.166. The maximum Gasteiger partial charge on any atom is 0.306 e. The van der Waals surface area contributed by atoms with Crippen molar-refractivity contribution in [1.82, 2.24) is 0 Å². The fourth-order valence-corrected chi connectivity index (χ4v) is 7.26. The number of carbonyl (C=O) groups excluding carboxylic acids is 3. The van der Waals surface area contributed by atoms with Gasteiger partial charge in [0.15, 0.2) is 6.10 Å². The molecule has 0 bridgehead atoms. The second-order valence-electron chi connectivity index (χ2n) is 18.1. The SMILES string of the molecule is CC/C=C\C/C=C\C/C=C\C/C=C\C/C=C\C/C=C\CCC(=O)OC(COC(=O)CCCCCCCCC/C=C\C/C=C\C/C=C\C/C=C\C/C=C\CC)COC(=O)CCCCCCCCCCCC. The molecule has 0 N–H and O–H groups in total. The first-order valence-corrected chi connectivity index (χ1v) is 28.2. The highest BCUT2D eigenvalue weighted by Gasteiger charge is 2.19. The van der Waals surface area contributed by atoms with Gasteiger partial charge >= 0.3 is 17.9 Å². The Kier molecular flexibility index (Phi) is 53.5. The Morgan fingerprint density at radius 2 is 0.586 bits per heavy atom. The largest absolute Gasteiger partial charge is 0.462 e. The number of allylic oxidation sites excluding steroid dienone is 22. The Bertz CT molecular complexity index is 1530. The summed E-state index contributed by atoms with van der Waals surface area (Å²) in [4.78, 5) is 38.0. The summed E-state index contributed by atoms with van der Waals surface area (Å²) < 4.78 is 16.7. The lowest BCUT2D eigenvalue weighted by atomic mass is 10.1. The van der Waals surface area contributed by atoms with Gasteiger partial charge in [-0.05, 0) is 103 Å². The number of rotatable bonds is 49. The van der Waals surface area contributed by atoms with Gasteiger partial charge in [0.1, 0.15) is 13.2 Å². The summed E-state index contributed by atoms with van der Waals surface area (Å²) in [6.07, 6.45) is 80.3. The molecule has 0 saturated heterocycles. The van der Waals surface area contributed by atoms with Crippen LogP contribution in [0.5, 0.6) is 0 Å². The van der Waals surface area contributed by atoms with E-state index in [1.165, 1.54) is 70.6 Å². The standard InChI is InChI=1S/C64H102O6/c1-4-7-10-13-16-19-22-24-26-28-30-31-32-33-35-36-38-40-42-45-48-51-54-57-63(66)69-60-61(59-68-62(65)56-53-50-47-44-21-18-15-12-9-6-3)70-64(67)58-55-52-49-46-43-41-39-37-34-29-27-25-23-20-17-14-11-8-5-2/h7-8,10-11,16-17,19-20,24-27,30-31,33-35,37,41,43,49,52,61H,4-6,9,12-15,18,21-23,28-29,32,36,38-40,42,44-48,50-51,53-60H2,1-3H3/b10-7-,11-8-,19-16-,20-17-,26-24-,27-25-,31-30-,35-33-,37-34-,43-41-,52-49-. The van der Waals surface area contributed by atoms with Gasteiger partial charge in [0, 0.05) is 19.3 Å². The van der Waals surface area contributed by atoms with Gasteiger partial charge in [-0.2, -0.15) is 0 Å². The molecule has 6 heteroatoms. The van der Waals surface area contributed by atoms with Crippen molar-refractivity contribution in [3.05, 3.63) is 134 Å². The van der Waals surface area contributed by atoms with Crippen molar-refractivity contribution in [1.29, 1.82) is 0 Å². The Balaban J connectivity index is 4.46. The highest BCUT2D eigenvalue weighted by Crippen LogP contribution is 2.14. The minimum atomic E-state index is -0.826. The highest BCUT2D eigenvalue weighted by atomic mass is 16.6. The van der Waals surface area contributed by atoms with Gasteiger partial charge in [-0.1, -0.05) is 244 Å². The van der Waals surface area contributed by atoms with Crippen LogP contribution >= 0.6 is 0 Å². The first-order valence-electron chi connectivity index (χ1n) is 28.2. The van der Waals surface area contributed by atoms with E-state index in [1.54, 1.807) is 0 Å². The predicted molar refractivity (Wildman–Crippen MR) is 302 cm³/mol. The molecule has 1 atom stereocenters. The van der Waals surface area contributed by atoms with E-state index in [0.717, 1.165) is 116 Å². The highest BCUT2D eigenvalue weighted by molar-refractivity contribution is 5.71. The first kappa shape index (κ1) is 65.5. The second-order valence-corrected chi connectivity index (χ2v) is 18.1. The van der Waals surface area contributed by atoms with Crippen LogP contribution in [0.15, 0.2) is 134 Å². The van der Waals surface area contributed by atoms with Crippen LogP contribution in [0.3, 0.4) is 0 Å². The summed E-state index contributed by atoms with van der Waals surface area (Å²) >= 11 is 0. The fourth-order valence-electron chi connectivity index (χ4n) is 7.26. The Morgan fingerprint density at radius 3 is 0.929 bits per heavy atom. The molecule has 1 unspecified atom stereocenters. The molecule has 0 radical (unpaired) electrons. The molecule has 0 spiro atoms. The predicted octanol–water partition coefficient (Wildman–Crippen LogP) is 19.0. The van der Waals surface area contributed by atoms with Crippen molar-refractivity contribution in [2.24, 2.45) is 0 Å². The Labute approximate surface area is 430 Å². The molecule has 0 saturated carbocycles. The van der Waals surface area contributed by atoms with E-state index < -0.39 is 12.1 Å². The quantitative estimate of drug-likeness (QED) is 0.0262. The van der Waals surface area contributed by atoms with Gasteiger partial charge in [0.2, 0.25) is 0 Å². The number of hydrogen-bond acceptors (Lipinski definition) is 6. The second kappa shape index (κ2) is 57.1. The van der Waals surface area contributed by atoms with Crippen molar-refractivity contribution in [2.45, 2.75) is 239 Å². The van der Waals surface area contributed by atoms with Crippen LogP contribution in [0.4, 0.5) is 0 Å². The number of unbranched alkanes of at least 4 members (excludes halogenated alkanes) is 16. The molecule has 0 heterocycles. The van der Waals surface area contributed by atoms with Gasteiger partial charge in [0.25, 0.3) is 0 Å². The van der Waals surface area contributed by atoms with Crippen LogP contribution in [0.2, 0.25) is 0 Å². The zero-order valence-corrected chi connectivity index (χ0v) is 45.0. The van der Waals surface area contributed by atoms with Crippen LogP contribution in [-0.4, -0.2) is 37.2 Å². The summed E-state index contributed by atoms with van der Waals surface area (Å²) in [6, 6.07) is 0. The average Bonchev–Trinajstić information content (AvgIpc) is 3.36. The summed E-state index contributed by atoms with van der Waals surface area (Å²) in [6.45, 7) is 6.32. The normalized spacial score (nSPS) is 13.1. The van der Waals surface area contributed by atoms with E-state index in [2.05, 4.69) is 142 Å². The molecule has 0 fully saturated rings. The molecule has 0 aromatic carbocycles. The van der Waals surface area contributed by atoms with Crippen molar-refractivity contribution < 1.29 is 28.6 Å². The van der Waals surface area contributed by atoms with Gasteiger partial charge in [-0.25, -0.2) is 0 Å². The Morgan fingerprint density at radius 1 is 0.300 bits per heavy atom. The molecule has 0 aliphatic rings. The summed E-state index contributed by atoms with van der Waals surface area (Å²) in [7, 11) is 0. The fraction of sp³-hybridized carbons (Fsp3) is 0.609. The zero-order valence-electron chi connectivity index (χ0n) is 45.0. The summed E-state index contributed by atoms with van der Waals surface area (Å²) in [5.41, 5.74) is 0. The third-order valence-electron chi connectivity index (χ3n) is 11.4. The number of hydrogen-bond donors (Lipinski definition) is 0. The molecular formula is C64H102O6. The first-order chi connectivity index (χ1) is 34.5. The molecule has 0 aliphatic carbocycles. The third-order valence-corrected chi connectivity index (χ3v) is 11.4. The molecule has 70 heavy (non-hydrogen) atoms. The van der Waals surface area contributed by atoms with Crippen molar-refractivity contribution in [2.75, 3.05) is 13.2 Å². The van der Waals surface area contributed by atoms with Crippen LogP contribution in [0, 0.1) is 0 Å². The average molecular weight is 968 g/mol. The maximum absolute atomic E-state index is 12.8. The third kappa shape index (κ3) is 54.5. The van der Waals surface area contributed by atoms with E-state index >= 15 is 0 Å². The molecule has 0 aliphatic heterocycles. The van der Waals surface area contributed by atoms with Gasteiger partial charge in [-0.15, -0.1) is 0 Å². The van der Waals surface area contributed by atoms with Crippen LogP contribution < -0.4 is 0 Å².